The number of aryl methyl sites for hydroxylation is 1. The lowest BCUT2D eigenvalue weighted by Gasteiger charge is -2.58. The van der Waals surface area contributed by atoms with Gasteiger partial charge in [-0.15, -0.1) is 11.7 Å². The topological polar surface area (TPSA) is 164 Å². The van der Waals surface area contributed by atoms with Gasteiger partial charge in [-0.25, -0.2) is 4.68 Å². The molecule has 13 heteroatoms. The lowest BCUT2D eigenvalue weighted by Crippen LogP contribution is -2.63. The quantitative estimate of drug-likeness (QED) is 0.0446. The maximum Gasteiger partial charge on any atom is 0.269 e. The molecule has 2 heterocycles. The summed E-state index contributed by atoms with van der Waals surface area (Å²) >= 11 is 0. The number of ether oxygens (including phenoxy) is 3. The highest BCUT2D eigenvalue weighted by molar-refractivity contribution is 6.02. The maximum absolute atomic E-state index is 11.3. The molecule has 6 rings (SSSR count). The zero-order valence-electron chi connectivity index (χ0n) is 32.3. The number of nitrogens with zero attached hydrogens (tertiary/aromatic N) is 5. The Hall–Kier alpha value is -4.85. The summed E-state index contributed by atoms with van der Waals surface area (Å²) < 4.78 is 22.4. The van der Waals surface area contributed by atoms with Gasteiger partial charge >= 0.3 is 0 Å². The van der Waals surface area contributed by atoms with Crippen molar-refractivity contribution in [2.45, 2.75) is 95.5 Å². The van der Waals surface area contributed by atoms with Gasteiger partial charge in [0.15, 0.2) is 0 Å². The number of benzene rings is 2. The molecule has 13 nitrogen and oxygen atoms in total. The van der Waals surface area contributed by atoms with Crippen LogP contribution in [-0.4, -0.2) is 68.1 Å². The highest BCUT2D eigenvalue weighted by Gasteiger charge is 2.65. The lowest BCUT2D eigenvalue weighted by molar-refractivity contribution is -0.384. The smallest absolute Gasteiger partial charge is 0.269 e. The fourth-order valence-electron chi connectivity index (χ4n) is 8.79. The highest BCUT2D eigenvalue weighted by atomic mass is 16.7. The second-order valence-electron chi connectivity index (χ2n) is 14.8. The van der Waals surface area contributed by atoms with E-state index in [9.17, 15) is 20.3 Å². The van der Waals surface area contributed by atoms with E-state index in [1.165, 1.54) is 12.1 Å². The Bertz CT molecular complexity index is 1860. The van der Waals surface area contributed by atoms with E-state index in [4.69, 9.17) is 29.4 Å². The summed E-state index contributed by atoms with van der Waals surface area (Å²) in [5.74, 6) is -0.105. The van der Waals surface area contributed by atoms with E-state index >= 15 is 0 Å². The fourth-order valence-corrected chi connectivity index (χ4v) is 8.79. The number of nitro groups is 1. The van der Waals surface area contributed by atoms with E-state index in [-0.39, 0.29) is 55.8 Å². The summed E-state index contributed by atoms with van der Waals surface area (Å²) in [4.78, 5) is 17.0. The molecule has 0 bridgehead atoms. The number of unbranched alkanes of at least 4 members (excludes halogenated alkanes) is 3. The number of oxime groups is 1. The molecule has 3 aromatic rings. The second kappa shape index (κ2) is 19.3. The zero-order chi connectivity index (χ0) is 39.5. The van der Waals surface area contributed by atoms with Gasteiger partial charge in [-0.1, -0.05) is 61.4 Å². The normalized spacial score (nSPS) is 24.4. The number of hydrogen-bond donors (Lipinski definition) is 2. The summed E-state index contributed by atoms with van der Waals surface area (Å²) in [7, 11) is 0. The number of allylic oxidation sites excluding steroid dienone is 1. The van der Waals surface area contributed by atoms with E-state index in [1.54, 1.807) is 24.3 Å². The summed E-state index contributed by atoms with van der Waals surface area (Å²) in [5.41, 5.74) is 4.45. The molecule has 0 amide bonds. The molecule has 3 aliphatic rings. The van der Waals surface area contributed by atoms with E-state index < -0.39 is 16.8 Å². The third-order valence-electron chi connectivity index (χ3n) is 11.3. The van der Waals surface area contributed by atoms with Gasteiger partial charge in [0.05, 0.1) is 35.1 Å². The number of aliphatic hydroxyl groups is 2. The summed E-state index contributed by atoms with van der Waals surface area (Å²) in [6.07, 6.45) is 15.5. The summed E-state index contributed by atoms with van der Waals surface area (Å²) in [6, 6.07) is 11.7. The highest BCUT2D eigenvalue weighted by Crippen LogP contribution is 2.63. The predicted molar refractivity (Wildman–Crippen MR) is 212 cm³/mol. The van der Waals surface area contributed by atoms with Gasteiger partial charge in [0.2, 0.25) is 5.79 Å². The van der Waals surface area contributed by atoms with Crippen molar-refractivity contribution in [2.24, 2.45) is 22.9 Å². The molecular formula is C43H55N5O8. The van der Waals surface area contributed by atoms with Crippen LogP contribution in [0.15, 0.2) is 90.8 Å². The minimum atomic E-state index is -1.25. The molecule has 2 N–H and O–H groups in total. The molecule has 0 spiro atoms. The van der Waals surface area contributed by atoms with Crippen LogP contribution in [0.4, 0.5) is 5.69 Å². The summed E-state index contributed by atoms with van der Waals surface area (Å²) in [5, 5.41) is 44.9. The zero-order valence-corrected chi connectivity index (χ0v) is 32.3. The van der Waals surface area contributed by atoms with Crippen LogP contribution in [0, 0.1) is 27.9 Å². The van der Waals surface area contributed by atoms with E-state index in [1.807, 2.05) is 23.0 Å². The van der Waals surface area contributed by atoms with Gasteiger partial charge in [0.25, 0.3) is 5.69 Å². The predicted octanol–water partition coefficient (Wildman–Crippen LogP) is 7.80. The Morgan fingerprint density at radius 1 is 1.05 bits per heavy atom. The molecule has 0 saturated heterocycles. The van der Waals surface area contributed by atoms with Crippen LogP contribution < -0.4 is 9.47 Å². The molecule has 1 aromatic heterocycles. The van der Waals surface area contributed by atoms with Crippen molar-refractivity contribution in [3.8, 4) is 11.5 Å². The van der Waals surface area contributed by atoms with Gasteiger partial charge in [0, 0.05) is 43.2 Å². The van der Waals surface area contributed by atoms with Crippen molar-refractivity contribution < 1.29 is 34.2 Å². The van der Waals surface area contributed by atoms with E-state index in [0.29, 0.717) is 37.4 Å². The molecule has 1 fully saturated rings. The second-order valence-corrected chi connectivity index (χ2v) is 14.8. The van der Waals surface area contributed by atoms with Crippen molar-refractivity contribution in [1.82, 2.24) is 15.0 Å². The SMILES string of the molecule is C=CCOc1ccc2c(c1)C1C(CCCCO)C(CCCCO)C=C3C(=NOCc4ccc([N+](=O)[O-])cc4)CC(n4nncc4CCCC)C(OCC=C)(O2)C31. The molecule has 2 aromatic carbocycles. The Kier molecular flexibility index (Phi) is 14.1. The van der Waals surface area contributed by atoms with Crippen molar-refractivity contribution in [3.05, 3.63) is 113 Å². The number of fused-ring (bicyclic) bond motifs is 2. The molecule has 6 unspecified atom stereocenters. The van der Waals surface area contributed by atoms with Crippen LogP contribution in [0.5, 0.6) is 11.5 Å². The van der Waals surface area contributed by atoms with Crippen LogP contribution in [-0.2, 0) is 22.6 Å². The molecule has 300 valence electrons. The van der Waals surface area contributed by atoms with Gasteiger partial charge < -0.3 is 29.3 Å². The average Bonchev–Trinajstić information content (AvgIpc) is 3.68. The fraction of sp³-hybridized carbons (Fsp3) is 0.512. The first-order valence-corrected chi connectivity index (χ1v) is 20.0. The number of hydrogen-bond acceptors (Lipinski definition) is 11. The van der Waals surface area contributed by atoms with Crippen LogP contribution in [0.1, 0.15) is 93.5 Å². The van der Waals surface area contributed by atoms with Crippen molar-refractivity contribution in [3.63, 3.8) is 0 Å². The van der Waals surface area contributed by atoms with E-state index in [2.05, 4.69) is 37.3 Å². The largest absolute Gasteiger partial charge is 0.490 e. The number of aromatic nitrogens is 3. The number of aliphatic hydroxyl groups excluding tert-OH is 2. The van der Waals surface area contributed by atoms with Crippen LogP contribution >= 0.6 is 0 Å². The third kappa shape index (κ3) is 8.75. The van der Waals surface area contributed by atoms with Gasteiger partial charge in [-0.3, -0.25) is 10.1 Å². The molecule has 0 radical (unpaired) electrons. The van der Waals surface area contributed by atoms with Crippen molar-refractivity contribution in [2.75, 3.05) is 26.4 Å². The first-order chi connectivity index (χ1) is 27.4. The van der Waals surface area contributed by atoms with Gasteiger partial charge in [0.1, 0.15) is 30.8 Å². The van der Waals surface area contributed by atoms with Crippen molar-refractivity contribution in [1.29, 1.82) is 0 Å². The first-order valence-electron chi connectivity index (χ1n) is 20.0. The van der Waals surface area contributed by atoms with E-state index in [0.717, 1.165) is 73.1 Å². The lowest BCUT2D eigenvalue weighted by atomic mass is 9.55. The Balaban J connectivity index is 1.55. The van der Waals surface area contributed by atoms with Crippen LogP contribution in [0.25, 0.3) is 0 Å². The number of nitro benzene ring substituents is 1. The monoisotopic (exact) mass is 769 g/mol. The minimum Gasteiger partial charge on any atom is -0.490 e. The van der Waals surface area contributed by atoms with Crippen molar-refractivity contribution >= 4 is 11.4 Å². The number of non-ortho nitro benzene ring substituents is 1. The summed E-state index contributed by atoms with van der Waals surface area (Å²) in [6.45, 7) is 10.9. The average molecular weight is 770 g/mol. The molecule has 56 heavy (non-hydrogen) atoms. The molecule has 1 saturated carbocycles. The molecule has 6 atom stereocenters. The van der Waals surface area contributed by atoms with Crippen LogP contribution in [0.2, 0.25) is 0 Å². The standard InChI is InChI=1S/C43H55N5O8/c1-4-7-13-33-28-44-46-47(33)40-27-38(45-55-29-30-15-17-32(18-16-30)48(51)52)36-25-31(12-8-10-21-49)35(14-9-11-22-50)41-37-26-34(53-23-5-2)19-20-39(37)56-43(40,42(36)41)54-24-6-3/h5-6,15-20,25-26,28,31,35,40-42,49-50H,2-4,7-14,21-24,27,29H2,1H3. The first kappa shape index (κ1) is 40.8. The van der Waals surface area contributed by atoms with Gasteiger partial charge in [-0.2, -0.15) is 0 Å². The number of rotatable bonds is 22. The maximum atomic E-state index is 11.3. The van der Waals surface area contributed by atoms with Crippen LogP contribution in [0.3, 0.4) is 0 Å². The minimum absolute atomic E-state index is 0.00701. The molecule has 2 aliphatic carbocycles. The van der Waals surface area contributed by atoms with Gasteiger partial charge in [-0.05, 0) is 91.8 Å². The Morgan fingerprint density at radius 2 is 1.82 bits per heavy atom. The molecular weight excluding hydrogens is 714 g/mol. The Morgan fingerprint density at radius 3 is 2.54 bits per heavy atom. The molecule has 1 aliphatic heterocycles. The third-order valence-corrected chi connectivity index (χ3v) is 11.3. The Labute approximate surface area is 328 Å².